The van der Waals surface area contributed by atoms with Crippen LogP contribution in [0, 0.1) is 12.8 Å². The first kappa shape index (κ1) is 13.7. The fourth-order valence-electron chi connectivity index (χ4n) is 1.85. The van der Waals surface area contributed by atoms with Gasteiger partial charge in [0.15, 0.2) is 0 Å². The maximum absolute atomic E-state index is 3.61. The Morgan fingerprint density at radius 2 is 2.00 bits per heavy atom. The molecule has 1 unspecified atom stereocenters. The van der Waals surface area contributed by atoms with E-state index in [9.17, 15) is 0 Å². The second kappa shape index (κ2) is 6.41. The molecule has 0 aliphatic carbocycles. The van der Waals surface area contributed by atoms with Crippen molar-refractivity contribution in [3.05, 3.63) is 33.8 Å². The van der Waals surface area contributed by atoms with Gasteiger partial charge in [0.1, 0.15) is 0 Å². The van der Waals surface area contributed by atoms with E-state index in [2.05, 4.69) is 67.1 Å². The minimum absolute atomic E-state index is 0.611. The highest BCUT2D eigenvalue weighted by Crippen LogP contribution is 2.17. The predicted octanol–water partition coefficient (Wildman–Crippen LogP) is 4.28. The molecule has 1 aromatic carbocycles. The normalized spacial score (nSPS) is 13.1. The summed E-state index contributed by atoms with van der Waals surface area (Å²) in [6.07, 6.45) is 1.19. The molecule has 0 saturated carbocycles. The van der Waals surface area contributed by atoms with Crippen molar-refractivity contribution in [3.8, 4) is 0 Å². The summed E-state index contributed by atoms with van der Waals surface area (Å²) in [6.45, 7) is 9.85. The number of nitrogens with one attached hydrogen (secondary N) is 1. The molecule has 1 rings (SSSR count). The number of hydrogen-bond donors (Lipinski definition) is 1. The summed E-state index contributed by atoms with van der Waals surface area (Å²) >= 11 is 3.57. The van der Waals surface area contributed by atoms with Crippen molar-refractivity contribution in [2.75, 3.05) is 0 Å². The molecule has 1 nitrogen and oxygen atoms in total. The van der Waals surface area contributed by atoms with E-state index in [1.807, 2.05) is 0 Å². The van der Waals surface area contributed by atoms with Crippen LogP contribution < -0.4 is 5.32 Å². The molecular formula is C14H22BrN. The van der Waals surface area contributed by atoms with Gasteiger partial charge in [-0.25, -0.2) is 0 Å². The van der Waals surface area contributed by atoms with Crippen LogP contribution in [0.3, 0.4) is 0 Å². The summed E-state index contributed by atoms with van der Waals surface area (Å²) < 4.78 is 1.20. The average Bonchev–Trinajstić information content (AvgIpc) is 2.23. The van der Waals surface area contributed by atoms with Crippen molar-refractivity contribution >= 4 is 15.9 Å². The van der Waals surface area contributed by atoms with Crippen molar-refractivity contribution in [1.82, 2.24) is 5.32 Å². The van der Waals surface area contributed by atoms with Crippen LogP contribution >= 0.6 is 15.9 Å². The van der Waals surface area contributed by atoms with Gasteiger partial charge < -0.3 is 5.32 Å². The van der Waals surface area contributed by atoms with Crippen LogP contribution in [0.25, 0.3) is 0 Å². The lowest BCUT2D eigenvalue weighted by Crippen LogP contribution is -2.32. The Balaban J connectivity index is 2.57. The van der Waals surface area contributed by atoms with E-state index in [-0.39, 0.29) is 0 Å². The molecule has 0 radical (unpaired) electrons. The van der Waals surface area contributed by atoms with Gasteiger partial charge in [-0.1, -0.05) is 48.8 Å². The fourth-order valence-corrected chi connectivity index (χ4v) is 2.27. The van der Waals surface area contributed by atoms with E-state index in [1.54, 1.807) is 0 Å². The minimum Gasteiger partial charge on any atom is -0.310 e. The van der Waals surface area contributed by atoms with Gasteiger partial charge in [-0.15, -0.1) is 0 Å². The fraction of sp³-hybridized carbons (Fsp3) is 0.571. The molecular weight excluding hydrogens is 262 g/mol. The van der Waals surface area contributed by atoms with Crippen molar-refractivity contribution in [1.29, 1.82) is 0 Å². The summed E-state index contributed by atoms with van der Waals surface area (Å²) in [6, 6.07) is 7.17. The quantitative estimate of drug-likeness (QED) is 0.851. The van der Waals surface area contributed by atoms with Crippen LogP contribution in [0.15, 0.2) is 22.7 Å². The molecule has 0 amide bonds. The van der Waals surface area contributed by atoms with Gasteiger partial charge in [0.25, 0.3) is 0 Å². The van der Waals surface area contributed by atoms with Gasteiger partial charge >= 0.3 is 0 Å². The van der Waals surface area contributed by atoms with Gasteiger partial charge in [-0.2, -0.15) is 0 Å². The van der Waals surface area contributed by atoms with Crippen LogP contribution in [0.4, 0.5) is 0 Å². The Hall–Kier alpha value is -0.340. The molecule has 0 bridgehead atoms. The summed E-state index contributed by atoms with van der Waals surface area (Å²) in [4.78, 5) is 0. The molecule has 1 atom stereocenters. The Morgan fingerprint density at radius 1 is 1.31 bits per heavy atom. The maximum atomic E-state index is 3.61. The molecule has 0 aromatic heterocycles. The maximum Gasteiger partial charge on any atom is 0.0208 e. The summed E-state index contributed by atoms with van der Waals surface area (Å²) in [7, 11) is 0. The molecule has 0 fully saturated rings. The van der Waals surface area contributed by atoms with Crippen molar-refractivity contribution in [3.63, 3.8) is 0 Å². The molecule has 0 spiro atoms. The number of benzene rings is 1. The standard InChI is InChI=1S/C14H22BrN/c1-5-14(10(2)3)16-9-12-7-6-11(4)13(15)8-12/h6-8,10,14,16H,5,9H2,1-4H3. The monoisotopic (exact) mass is 283 g/mol. The van der Waals surface area contributed by atoms with E-state index < -0.39 is 0 Å². The zero-order chi connectivity index (χ0) is 12.1. The first-order chi connectivity index (χ1) is 7.54. The third kappa shape index (κ3) is 3.91. The Bertz CT molecular complexity index is 334. The number of halogens is 1. The summed E-state index contributed by atoms with van der Waals surface area (Å²) in [5, 5.41) is 3.61. The van der Waals surface area contributed by atoms with Crippen molar-refractivity contribution in [2.45, 2.75) is 46.7 Å². The Morgan fingerprint density at radius 3 is 2.50 bits per heavy atom. The molecule has 0 aliphatic heterocycles. The van der Waals surface area contributed by atoms with E-state index in [1.165, 1.54) is 22.0 Å². The number of rotatable bonds is 5. The third-order valence-corrected chi connectivity index (χ3v) is 3.90. The second-order valence-electron chi connectivity index (χ2n) is 4.72. The first-order valence-corrected chi connectivity index (χ1v) is 6.82. The molecule has 90 valence electrons. The van der Waals surface area contributed by atoms with E-state index in [4.69, 9.17) is 0 Å². The third-order valence-electron chi connectivity index (χ3n) is 3.05. The highest BCUT2D eigenvalue weighted by molar-refractivity contribution is 9.10. The Labute approximate surface area is 108 Å². The summed E-state index contributed by atoms with van der Waals surface area (Å²) in [5.41, 5.74) is 2.64. The molecule has 16 heavy (non-hydrogen) atoms. The van der Waals surface area contributed by atoms with Crippen molar-refractivity contribution in [2.24, 2.45) is 5.92 Å². The zero-order valence-electron chi connectivity index (χ0n) is 10.7. The highest BCUT2D eigenvalue weighted by Gasteiger charge is 2.09. The zero-order valence-corrected chi connectivity index (χ0v) is 12.3. The average molecular weight is 284 g/mol. The molecule has 0 aliphatic rings. The van der Waals surface area contributed by atoms with Gasteiger partial charge in [0.05, 0.1) is 0 Å². The smallest absolute Gasteiger partial charge is 0.0208 e. The van der Waals surface area contributed by atoms with E-state index >= 15 is 0 Å². The van der Waals surface area contributed by atoms with Crippen LogP contribution in [0.5, 0.6) is 0 Å². The molecule has 1 aromatic rings. The van der Waals surface area contributed by atoms with Crippen LogP contribution in [0.1, 0.15) is 38.3 Å². The van der Waals surface area contributed by atoms with E-state index in [0.717, 1.165) is 6.54 Å². The molecule has 0 saturated heterocycles. The number of aryl methyl sites for hydroxylation is 1. The predicted molar refractivity (Wildman–Crippen MR) is 74.6 cm³/mol. The van der Waals surface area contributed by atoms with Gasteiger partial charge in [-0.3, -0.25) is 0 Å². The molecule has 1 N–H and O–H groups in total. The van der Waals surface area contributed by atoms with Crippen molar-refractivity contribution < 1.29 is 0 Å². The lowest BCUT2D eigenvalue weighted by Gasteiger charge is -2.20. The van der Waals surface area contributed by atoms with Crippen LogP contribution in [-0.2, 0) is 6.54 Å². The van der Waals surface area contributed by atoms with Gasteiger partial charge in [-0.05, 0) is 36.5 Å². The summed E-state index contributed by atoms with van der Waals surface area (Å²) in [5.74, 6) is 0.693. The lowest BCUT2D eigenvalue weighted by atomic mass is 10.0. The molecule has 0 heterocycles. The molecule has 2 heteroatoms. The second-order valence-corrected chi connectivity index (χ2v) is 5.58. The van der Waals surface area contributed by atoms with Gasteiger partial charge in [0.2, 0.25) is 0 Å². The lowest BCUT2D eigenvalue weighted by molar-refractivity contribution is 0.387. The first-order valence-electron chi connectivity index (χ1n) is 6.03. The topological polar surface area (TPSA) is 12.0 Å². The minimum atomic E-state index is 0.611. The van der Waals surface area contributed by atoms with Crippen LogP contribution in [-0.4, -0.2) is 6.04 Å². The largest absolute Gasteiger partial charge is 0.310 e. The van der Waals surface area contributed by atoms with E-state index in [0.29, 0.717) is 12.0 Å². The SMILES string of the molecule is CCC(NCc1ccc(C)c(Br)c1)C(C)C. The Kier molecular flexibility index (Phi) is 5.50. The highest BCUT2D eigenvalue weighted by atomic mass is 79.9. The number of hydrogen-bond acceptors (Lipinski definition) is 1. The van der Waals surface area contributed by atoms with Crippen LogP contribution in [0.2, 0.25) is 0 Å². The van der Waals surface area contributed by atoms with Gasteiger partial charge in [0, 0.05) is 17.1 Å².